The van der Waals surface area contributed by atoms with Gasteiger partial charge in [-0.2, -0.15) is 0 Å². The van der Waals surface area contributed by atoms with Gasteiger partial charge < -0.3 is 5.11 Å². The summed E-state index contributed by atoms with van der Waals surface area (Å²) in [7, 11) is 0. The number of carbonyl (C=O) groups is 1. The lowest BCUT2D eigenvalue weighted by molar-refractivity contribution is -0.142. The molecule has 0 heterocycles. The largest absolute Gasteiger partial charge is 0.481 e. The summed E-state index contributed by atoms with van der Waals surface area (Å²) in [5.41, 5.74) is 0.571. The number of hydrogen-bond donors (Lipinski definition) is 1. The van der Waals surface area contributed by atoms with Crippen LogP contribution in [-0.4, -0.2) is 11.1 Å². The molecule has 2 rings (SSSR count). The summed E-state index contributed by atoms with van der Waals surface area (Å²) in [6.45, 7) is 0. The Morgan fingerprint density at radius 2 is 1.88 bits per heavy atom. The van der Waals surface area contributed by atoms with Crippen LogP contribution in [0, 0.1) is 11.7 Å². The van der Waals surface area contributed by atoms with Gasteiger partial charge in [-0.15, -0.1) is 0 Å². The Morgan fingerprint density at radius 1 is 1.18 bits per heavy atom. The molecule has 1 fully saturated rings. The van der Waals surface area contributed by atoms with Gasteiger partial charge in [-0.3, -0.25) is 4.79 Å². The van der Waals surface area contributed by atoms with Gasteiger partial charge in [0.1, 0.15) is 5.82 Å². The minimum absolute atomic E-state index is 0.170. The summed E-state index contributed by atoms with van der Waals surface area (Å²) in [5.74, 6) is -1.67. The van der Waals surface area contributed by atoms with Gasteiger partial charge in [0.2, 0.25) is 0 Å². The van der Waals surface area contributed by atoms with Crippen LogP contribution in [-0.2, 0) is 4.79 Å². The lowest BCUT2D eigenvalue weighted by Crippen LogP contribution is -2.21. The first-order chi connectivity index (χ1) is 8.20. The summed E-state index contributed by atoms with van der Waals surface area (Å²) in [5, 5.41) is 9.26. The standard InChI is InChI=1S/C14H17FO2/c15-13-9-5-4-7-11(13)10-6-2-1-3-8-12(10)14(16)17/h4-5,7,9-10,12H,1-3,6,8H2,(H,16,17). The molecule has 0 radical (unpaired) electrons. The van der Waals surface area contributed by atoms with E-state index in [4.69, 9.17) is 0 Å². The van der Waals surface area contributed by atoms with Crippen molar-refractivity contribution in [2.75, 3.05) is 0 Å². The molecule has 0 saturated heterocycles. The zero-order chi connectivity index (χ0) is 12.3. The Labute approximate surface area is 100 Å². The van der Waals surface area contributed by atoms with Crippen LogP contribution in [0.1, 0.15) is 43.6 Å². The normalized spacial score (nSPS) is 25.2. The van der Waals surface area contributed by atoms with Crippen molar-refractivity contribution >= 4 is 5.97 Å². The number of rotatable bonds is 2. The number of benzene rings is 1. The van der Waals surface area contributed by atoms with Crippen LogP contribution in [0.25, 0.3) is 0 Å². The molecule has 0 aliphatic heterocycles. The van der Waals surface area contributed by atoms with E-state index in [1.165, 1.54) is 6.07 Å². The van der Waals surface area contributed by atoms with E-state index in [-0.39, 0.29) is 11.7 Å². The number of carboxylic acid groups (broad SMARTS) is 1. The molecule has 92 valence electrons. The van der Waals surface area contributed by atoms with Crippen molar-refractivity contribution in [3.63, 3.8) is 0 Å². The van der Waals surface area contributed by atoms with E-state index in [9.17, 15) is 14.3 Å². The highest BCUT2D eigenvalue weighted by atomic mass is 19.1. The summed E-state index contributed by atoms with van der Waals surface area (Å²) in [6, 6.07) is 6.56. The monoisotopic (exact) mass is 236 g/mol. The van der Waals surface area contributed by atoms with Gasteiger partial charge in [0.05, 0.1) is 5.92 Å². The first-order valence-corrected chi connectivity index (χ1v) is 6.17. The van der Waals surface area contributed by atoms with E-state index < -0.39 is 11.9 Å². The van der Waals surface area contributed by atoms with E-state index in [2.05, 4.69) is 0 Å². The van der Waals surface area contributed by atoms with Gasteiger partial charge in [0.25, 0.3) is 0 Å². The van der Waals surface area contributed by atoms with E-state index in [1.54, 1.807) is 18.2 Å². The molecule has 1 saturated carbocycles. The van der Waals surface area contributed by atoms with Crippen molar-refractivity contribution in [2.45, 2.75) is 38.0 Å². The molecule has 2 nitrogen and oxygen atoms in total. The number of halogens is 1. The van der Waals surface area contributed by atoms with Crippen LogP contribution >= 0.6 is 0 Å². The fourth-order valence-electron chi connectivity index (χ4n) is 2.75. The Hall–Kier alpha value is -1.38. The molecule has 2 unspecified atom stereocenters. The maximum Gasteiger partial charge on any atom is 0.307 e. The fraction of sp³-hybridized carbons (Fsp3) is 0.500. The molecule has 0 aromatic heterocycles. The van der Waals surface area contributed by atoms with Crippen LogP contribution < -0.4 is 0 Å². The second kappa shape index (κ2) is 5.30. The quantitative estimate of drug-likeness (QED) is 0.797. The van der Waals surface area contributed by atoms with Crippen molar-refractivity contribution in [3.05, 3.63) is 35.6 Å². The van der Waals surface area contributed by atoms with Gasteiger partial charge in [-0.05, 0) is 24.5 Å². The SMILES string of the molecule is O=C(O)C1CCCCCC1c1ccccc1F. The van der Waals surface area contributed by atoms with E-state index in [1.807, 2.05) is 0 Å². The summed E-state index contributed by atoms with van der Waals surface area (Å²) < 4.78 is 13.8. The Balaban J connectivity index is 2.32. The minimum Gasteiger partial charge on any atom is -0.481 e. The Bertz CT molecular complexity index is 403. The predicted molar refractivity (Wildman–Crippen MR) is 63.4 cm³/mol. The van der Waals surface area contributed by atoms with Crippen LogP contribution in [0.4, 0.5) is 4.39 Å². The topological polar surface area (TPSA) is 37.3 Å². The molecule has 0 bridgehead atoms. The zero-order valence-electron chi connectivity index (χ0n) is 9.73. The second-order valence-corrected chi connectivity index (χ2v) is 4.71. The summed E-state index contributed by atoms with van der Waals surface area (Å²) >= 11 is 0. The zero-order valence-corrected chi connectivity index (χ0v) is 9.73. The Kier molecular flexibility index (Phi) is 3.77. The molecule has 1 aromatic rings. The highest BCUT2D eigenvalue weighted by molar-refractivity contribution is 5.71. The maximum absolute atomic E-state index is 13.8. The second-order valence-electron chi connectivity index (χ2n) is 4.71. The lowest BCUT2D eigenvalue weighted by Gasteiger charge is -2.22. The summed E-state index contributed by atoms with van der Waals surface area (Å²) in [4.78, 5) is 11.3. The van der Waals surface area contributed by atoms with E-state index in [0.29, 0.717) is 12.0 Å². The van der Waals surface area contributed by atoms with Crippen molar-refractivity contribution in [2.24, 2.45) is 5.92 Å². The van der Waals surface area contributed by atoms with Crippen LogP contribution in [0.2, 0.25) is 0 Å². The van der Waals surface area contributed by atoms with Gasteiger partial charge in [0.15, 0.2) is 0 Å². The molecule has 1 N–H and O–H groups in total. The first-order valence-electron chi connectivity index (χ1n) is 6.17. The summed E-state index contributed by atoms with van der Waals surface area (Å²) in [6.07, 6.45) is 4.41. The molecule has 1 aliphatic carbocycles. The van der Waals surface area contributed by atoms with Crippen molar-refractivity contribution < 1.29 is 14.3 Å². The van der Waals surface area contributed by atoms with E-state index >= 15 is 0 Å². The van der Waals surface area contributed by atoms with E-state index in [0.717, 1.165) is 25.7 Å². The van der Waals surface area contributed by atoms with Crippen molar-refractivity contribution in [1.82, 2.24) is 0 Å². The molecule has 0 spiro atoms. The third-order valence-electron chi connectivity index (χ3n) is 3.64. The third kappa shape index (κ3) is 2.65. The van der Waals surface area contributed by atoms with Crippen molar-refractivity contribution in [1.29, 1.82) is 0 Å². The number of hydrogen-bond acceptors (Lipinski definition) is 1. The first kappa shape index (κ1) is 12.1. The average molecular weight is 236 g/mol. The van der Waals surface area contributed by atoms with Gasteiger partial charge in [-0.25, -0.2) is 4.39 Å². The number of aliphatic carboxylic acids is 1. The lowest BCUT2D eigenvalue weighted by atomic mass is 9.82. The van der Waals surface area contributed by atoms with Crippen LogP contribution in [0.5, 0.6) is 0 Å². The van der Waals surface area contributed by atoms with Crippen LogP contribution in [0.15, 0.2) is 24.3 Å². The molecule has 1 aliphatic rings. The van der Waals surface area contributed by atoms with Gasteiger partial charge >= 0.3 is 5.97 Å². The van der Waals surface area contributed by atoms with Gasteiger partial charge in [-0.1, -0.05) is 37.5 Å². The smallest absolute Gasteiger partial charge is 0.307 e. The molecule has 1 aromatic carbocycles. The van der Waals surface area contributed by atoms with Gasteiger partial charge in [0, 0.05) is 5.92 Å². The highest BCUT2D eigenvalue weighted by Gasteiger charge is 2.31. The fourth-order valence-corrected chi connectivity index (χ4v) is 2.75. The predicted octanol–water partition coefficient (Wildman–Crippen LogP) is 3.57. The molecule has 2 atom stereocenters. The minimum atomic E-state index is -0.792. The molecular formula is C14H17FO2. The Morgan fingerprint density at radius 3 is 2.59 bits per heavy atom. The molecular weight excluding hydrogens is 219 g/mol. The molecule has 3 heteroatoms. The maximum atomic E-state index is 13.8. The number of carboxylic acids is 1. The third-order valence-corrected chi connectivity index (χ3v) is 3.64. The average Bonchev–Trinajstić information content (AvgIpc) is 2.55. The molecule has 0 amide bonds. The highest BCUT2D eigenvalue weighted by Crippen LogP contribution is 2.37. The molecule has 17 heavy (non-hydrogen) atoms. The van der Waals surface area contributed by atoms with Crippen molar-refractivity contribution in [3.8, 4) is 0 Å². The van der Waals surface area contributed by atoms with Crippen LogP contribution in [0.3, 0.4) is 0 Å².